The lowest BCUT2D eigenvalue weighted by atomic mass is 9.60. The maximum Gasteiger partial charge on any atom is 0.221 e. The highest BCUT2D eigenvalue weighted by atomic mass is 16.1. The Morgan fingerprint density at radius 3 is 2.50 bits per heavy atom. The average molecular weight is 430 g/mol. The predicted molar refractivity (Wildman–Crippen MR) is 126 cm³/mol. The van der Waals surface area contributed by atoms with Crippen molar-refractivity contribution in [1.82, 2.24) is 15.1 Å². The number of hydrogen-bond acceptors (Lipinski definition) is 5. The third kappa shape index (κ3) is 3.81. The summed E-state index contributed by atoms with van der Waals surface area (Å²) in [5.74, 6) is 3.44. The van der Waals surface area contributed by atoms with E-state index in [1.165, 1.54) is 52.2 Å². The molecule has 3 fully saturated rings. The van der Waals surface area contributed by atoms with E-state index in [1.807, 2.05) is 36.4 Å². The van der Waals surface area contributed by atoms with Gasteiger partial charge in [-0.25, -0.2) is 0 Å². The first-order chi connectivity index (χ1) is 15.5. The molecule has 1 aromatic carbocycles. The van der Waals surface area contributed by atoms with Crippen molar-refractivity contribution in [1.29, 1.82) is 0 Å². The van der Waals surface area contributed by atoms with Gasteiger partial charge in [-0.05, 0) is 73.1 Å². The van der Waals surface area contributed by atoms with Crippen molar-refractivity contribution in [2.75, 3.05) is 30.3 Å². The molecule has 3 atom stereocenters. The third-order valence-corrected chi connectivity index (χ3v) is 7.90. The molecule has 6 nitrogen and oxygen atoms in total. The molecule has 1 aromatic heterocycles. The first-order valence-corrected chi connectivity index (χ1v) is 11.9. The monoisotopic (exact) mass is 429 g/mol. The van der Waals surface area contributed by atoms with Gasteiger partial charge in [-0.15, -0.1) is 10.2 Å². The SMILES string of the molecule is CC(=O)Nc1ccc(-c2ccc(NC3CC4(C3)CN(CC3CC5C=CC3C5)C4)nn2)cc1. The largest absolute Gasteiger partial charge is 0.366 e. The van der Waals surface area contributed by atoms with E-state index < -0.39 is 0 Å². The topological polar surface area (TPSA) is 70.2 Å². The molecule has 1 saturated heterocycles. The Morgan fingerprint density at radius 2 is 1.88 bits per heavy atom. The van der Waals surface area contributed by atoms with Crippen molar-refractivity contribution in [2.45, 2.75) is 38.6 Å². The fourth-order valence-electron chi connectivity index (χ4n) is 6.51. The summed E-state index contributed by atoms with van der Waals surface area (Å²) in [6, 6.07) is 12.2. The van der Waals surface area contributed by atoms with E-state index >= 15 is 0 Å². The Morgan fingerprint density at radius 1 is 1.06 bits per heavy atom. The summed E-state index contributed by atoms with van der Waals surface area (Å²) in [4.78, 5) is 13.8. The molecule has 2 saturated carbocycles. The Balaban J connectivity index is 0.968. The molecule has 3 aliphatic carbocycles. The molecule has 6 heteroatoms. The molecule has 2 aromatic rings. The van der Waals surface area contributed by atoms with Crippen LogP contribution in [0.5, 0.6) is 0 Å². The number of nitrogens with one attached hydrogen (secondary N) is 2. The van der Waals surface area contributed by atoms with E-state index in [0.29, 0.717) is 11.5 Å². The van der Waals surface area contributed by atoms with Crippen LogP contribution in [0.3, 0.4) is 0 Å². The molecule has 2 N–H and O–H groups in total. The van der Waals surface area contributed by atoms with Crippen LogP contribution in [0.1, 0.15) is 32.6 Å². The van der Waals surface area contributed by atoms with Crippen molar-refractivity contribution in [3.8, 4) is 11.3 Å². The number of benzene rings is 1. The van der Waals surface area contributed by atoms with Gasteiger partial charge in [-0.3, -0.25) is 4.79 Å². The van der Waals surface area contributed by atoms with Crippen molar-refractivity contribution in [2.24, 2.45) is 23.2 Å². The lowest BCUT2D eigenvalue weighted by molar-refractivity contribution is -0.114. The Labute approximate surface area is 189 Å². The number of carbonyl (C=O) groups is 1. The van der Waals surface area contributed by atoms with Crippen LogP contribution in [-0.4, -0.2) is 46.7 Å². The smallest absolute Gasteiger partial charge is 0.221 e. The number of anilines is 2. The fraction of sp³-hybridized carbons (Fsp3) is 0.500. The Bertz CT molecular complexity index is 1020. The summed E-state index contributed by atoms with van der Waals surface area (Å²) in [6.07, 6.45) is 10.2. The van der Waals surface area contributed by atoms with Crippen LogP contribution in [0, 0.1) is 23.2 Å². The summed E-state index contributed by atoms with van der Waals surface area (Å²) in [7, 11) is 0. The lowest BCUT2D eigenvalue weighted by Crippen LogP contribution is -2.65. The number of allylic oxidation sites excluding steroid dienone is 2. The van der Waals surface area contributed by atoms with Crippen LogP contribution in [-0.2, 0) is 4.79 Å². The molecule has 2 heterocycles. The molecule has 1 amide bonds. The highest BCUT2D eigenvalue weighted by molar-refractivity contribution is 5.88. The molecular formula is C26H31N5O. The number of carbonyl (C=O) groups excluding carboxylic acids is 1. The lowest BCUT2D eigenvalue weighted by Gasteiger charge is -2.60. The average Bonchev–Trinajstić information content (AvgIpc) is 3.35. The third-order valence-electron chi connectivity index (χ3n) is 7.90. The molecule has 0 radical (unpaired) electrons. The highest BCUT2D eigenvalue weighted by Gasteiger charge is 2.53. The van der Waals surface area contributed by atoms with Gasteiger partial charge in [0.05, 0.1) is 5.69 Å². The molecule has 3 unspecified atom stereocenters. The maximum atomic E-state index is 11.2. The van der Waals surface area contributed by atoms with Gasteiger partial charge < -0.3 is 15.5 Å². The Kier molecular flexibility index (Phi) is 4.79. The number of hydrogen-bond donors (Lipinski definition) is 2. The zero-order valence-electron chi connectivity index (χ0n) is 18.6. The van der Waals surface area contributed by atoms with Crippen LogP contribution >= 0.6 is 0 Å². The van der Waals surface area contributed by atoms with E-state index in [9.17, 15) is 4.79 Å². The summed E-state index contributed by atoms with van der Waals surface area (Å²) in [6.45, 7) is 5.38. The first-order valence-electron chi connectivity index (χ1n) is 11.9. The van der Waals surface area contributed by atoms with Crippen LogP contribution in [0.25, 0.3) is 11.3 Å². The molecule has 1 aliphatic heterocycles. The minimum absolute atomic E-state index is 0.0709. The van der Waals surface area contributed by atoms with Crippen LogP contribution in [0.15, 0.2) is 48.6 Å². The minimum Gasteiger partial charge on any atom is -0.366 e. The second-order valence-corrected chi connectivity index (χ2v) is 10.5. The standard InChI is InChI=1S/C26H31N5O/c1-17(32)27-22-6-4-19(5-7-22)24-8-9-25(30-29-24)28-23-12-26(13-23)15-31(16-26)14-21-11-18-2-3-20(21)10-18/h2-9,18,20-21,23H,10-16H2,1H3,(H,27,32)(H,28,30). The molecule has 4 aliphatic rings. The van der Waals surface area contributed by atoms with Gasteiger partial charge in [0.25, 0.3) is 0 Å². The van der Waals surface area contributed by atoms with E-state index in [0.717, 1.165) is 40.5 Å². The number of nitrogens with zero attached hydrogens (tertiary/aromatic N) is 3. The van der Waals surface area contributed by atoms with E-state index in [-0.39, 0.29) is 5.91 Å². The highest BCUT2D eigenvalue weighted by Crippen LogP contribution is 2.51. The van der Waals surface area contributed by atoms with E-state index in [1.54, 1.807) is 0 Å². The second-order valence-electron chi connectivity index (χ2n) is 10.5. The number of rotatable bonds is 6. The van der Waals surface area contributed by atoms with Crippen LogP contribution < -0.4 is 10.6 Å². The zero-order chi connectivity index (χ0) is 21.7. The van der Waals surface area contributed by atoms with Crippen LogP contribution in [0.4, 0.5) is 11.5 Å². The molecule has 166 valence electrons. The second kappa shape index (κ2) is 7.69. The van der Waals surface area contributed by atoms with Crippen LogP contribution in [0.2, 0.25) is 0 Å². The van der Waals surface area contributed by atoms with Crippen molar-refractivity contribution in [3.63, 3.8) is 0 Å². The number of aromatic nitrogens is 2. The van der Waals surface area contributed by atoms with Crippen molar-refractivity contribution < 1.29 is 4.79 Å². The van der Waals surface area contributed by atoms with Gasteiger partial charge in [0.15, 0.2) is 0 Å². The Hall–Kier alpha value is -2.73. The van der Waals surface area contributed by atoms with Gasteiger partial charge in [-0.1, -0.05) is 24.3 Å². The van der Waals surface area contributed by atoms with Gasteiger partial charge in [0.1, 0.15) is 5.82 Å². The zero-order valence-corrected chi connectivity index (χ0v) is 18.6. The maximum absolute atomic E-state index is 11.2. The summed E-state index contributed by atoms with van der Waals surface area (Å²) in [5.41, 5.74) is 3.16. The van der Waals surface area contributed by atoms with Gasteiger partial charge in [0.2, 0.25) is 5.91 Å². The van der Waals surface area contributed by atoms with Crippen molar-refractivity contribution in [3.05, 3.63) is 48.6 Å². The summed E-state index contributed by atoms with van der Waals surface area (Å²) >= 11 is 0. The van der Waals surface area contributed by atoms with E-state index in [4.69, 9.17) is 0 Å². The molecule has 32 heavy (non-hydrogen) atoms. The summed E-state index contributed by atoms with van der Waals surface area (Å²) in [5, 5.41) is 15.1. The number of fused-ring (bicyclic) bond motifs is 2. The molecule has 1 spiro atoms. The first kappa shape index (κ1) is 19.9. The minimum atomic E-state index is -0.0709. The molecular weight excluding hydrogens is 398 g/mol. The summed E-state index contributed by atoms with van der Waals surface area (Å²) < 4.78 is 0. The van der Waals surface area contributed by atoms with Gasteiger partial charge in [-0.2, -0.15) is 0 Å². The normalized spacial score (nSPS) is 27.8. The quantitative estimate of drug-likeness (QED) is 0.674. The molecule has 2 bridgehead atoms. The van der Waals surface area contributed by atoms with Gasteiger partial charge >= 0.3 is 0 Å². The fourth-order valence-corrected chi connectivity index (χ4v) is 6.51. The number of amides is 1. The molecule has 6 rings (SSSR count). The predicted octanol–water partition coefficient (Wildman–Crippen LogP) is 4.19. The van der Waals surface area contributed by atoms with Crippen molar-refractivity contribution >= 4 is 17.4 Å². The van der Waals surface area contributed by atoms with E-state index in [2.05, 4.69) is 37.9 Å². The van der Waals surface area contributed by atoms with Gasteiger partial charge in [0, 0.05) is 43.9 Å². The number of likely N-dealkylation sites (tertiary alicyclic amines) is 1.